The fraction of sp³-hybridized carbons (Fsp3) is 0.200. The van der Waals surface area contributed by atoms with Crippen LogP contribution in [0.1, 0.15) is 24.1 Å². The number of benzene rings is 2. The number of nitrogens with one attached hydrogen (secondary N) is 1. The van der Waals surface area contributed by atoms with Crippen molar-refractivity contribution in [3.8, 4) is 5.75 Å². The second kappa shape index (κ2) is 5.89. The summed E-state index contributed by atoms with van der Waals surface area (Å²) in [5, 5.41) is 13.4. The van der Waals surface area contributed by atoms with Gasteiger partial charge in [0.25, 0.3) is 0 Å². The molecule has 0 bridgehead atoms. The zero-order valence-corrected chi connectivity index (χ0v) is 11.0. The Balaban J connectivity index is 1.98. The maximum atomic E-state index is 9.21. The Morgan fingerprint density at radius 2 is 1.78 bits per heavy atom. The summed E-state index contributed by atoms with van der Waals surface area (Å²) in [5.41, 5.74) is 2.23. The van der Waals surface area contributed by atoms with Crippen molar-refractivity contribution in [2.45, 2.75) is 19.5 Å². The number of phenols is 1. The Labute approximate surface area is 112 Å². The molecule has 0 heterocycles. The zero-order chi connectivity index (χ0) is 13.0. The third-order valence-electron chi connectivity index (χ3n) is 2.92. The first kappa shape index (κ1) is 12.9. The van der Waals surface area contributed by atoms with Crippen LogP contribution in [0.2, 0.25) is 5.02 Å². The van der Waals surface area contributed by atoms with E-state index < -0.39 is 0 Å². The molecule has 2 rings (SSSR count). The van der Waals surface area contributed by atoms with Crippen LogP contribution in [0.5, 0.6) is 5.75 Å². The standard InChI is InChI=1S/C15H16ClNO/c1-11(14-4-2-3-5-15(14)16)17-10-12-6-8-13(18)9-7-12/h2-9,11,17-18H,10H2,1H3/t11-/m0/s1. The van der Waals surface area contributed by atoms with Crippen molar-refractivity contribution < 1.29 is 5.11 Å². The van der Waals surface area contributed by atoms with E-state index in [4.69, 9.17) is 11.6 Å². The van der Waals surface area contributed by atoms with Gasteiger partial charge in [0.05, 0.1) is 0 Å². The summed E-state index contributed by atoms with van der Waals surface area (Å²) >= 11 is 6.15. The van der Waals surface area contributed by atoms with Gasteiger partial charge in [0.2, 0.25) is 0 Å². The summed E-state index contributed by atoms with van der Waals surface area (Å²) in [6.07, 6.45) is 0. The lowest BCUT2D eigenvalue weighted by Gasteiger charge is -2.15. The molecule has 18 heavy (non-hydrogen) atoms. The predicted octanol–water partition coefficient (Wildman–Crippen LogP) is 3.90. The molecule has 94 valence electrons. The Kier molecular flexibility index (Phi) is 4.24. The largest absolute Gasteiger partial charge is 0.508 e. The molecular weight excluding hydrogens is 246 g/mol. The van der Waals surface area contributed by atoms with E-state index in [1.165, 1.54) is 0 Å². The normalized spacial score (nSPS) is 12.3. The van der Waals surface area contributed by atoms with Crippen LogP contribution in [0.15, 0.2) is 48.5 Å². The van der Waals surface area contributed by atoms with E-state index in [-0.39, 0.29) is 11.8 Å². The lowest BCUT2D eigenvalue weighted by Crippen LogP contribution is -2.18. The highest BCUT2D eigenvalue weighted by atomic mass is 35.5. The van der Waals surface area contributed by atoms with Crippen molar-refractivity contribution in [2.75, 3.05) is 0 Å². The number of hydrogen-bond donors (Lipinski definition) is 2. The van der Waals surface area contributed by atoms with Crippen molar-refractivity contribution in [1.82, 2.24) is 5.32 Å². The lowest BCUT2D eigenvalue weighted by atomic mass is 10.1. The van der Waals surface area contributed by atoms with Gasteiger partial charge in [-0.3, -0.25) is 0 Å². The summed E-state index contributed by atoms with van der Waals surface area (Å²) in [6, 6.07) is 15.2. The van der Waals surface area contributed by atoms with Crippen LogP contribution in [-0.4, -0.2) is 5.11 Å². The number of hydrogen-bond acceptors (Lipinski definition) is 2. The third-order valence-corrected chi connectivity index (χ3v) is 3.26. The van der Waals surface area contributed by atoms with Crippen LogP contribution in [0.4, 0.5) is 0 Å². The van der Waals surface area contributed by atoms with Gasteiger partial charge >= 0.3 is 0 Å². The van der Waals surface area contributed by atoms with E-state index in [1.54, 1.807) is 12.1 Å². The lowest BCUT2D eigenvalue weighted by molar-refractivity contribution is 0.474. The fourth-order valence-corrected chi connectivity index (χ4v) is 2.12. The SMILES string of the molecule is C[C@H](NCc1ccc(O)cc1)c1ccccc1Cl. The number of phenolic OH excluding ortho intramolecular Hbond substituents is 1. The first-order valence-electron chi connectivity index (χ1n) is 5.92. The van der Waals surface area contributed by atoms with Crippen LogP contribution >= 0.6 is 11.6 Å². The Bertz CT molecular complexity index is 510. The molecule has 0 spiro atoms. The molecule has 2 N–H and O–H groups in total. The fourth-order valence-electron chi connectivity index (χ4n) is 1.82. The van der Waals surface area contributed by atoms with E-state index in [9.17, 15) is 5.11 Å². The summed E-state index contributed by atoms with van der Waals surface area (Å²) < 4.78 is 0. The van der Waals surface area contributed by atoms with Gasteiger partial charge in [0.15, 0.2) is 0 Å². The van der Waals surface area contributed by atoms with Gasteiger partial charge in [0, 0.05) is 17.6 Å². The van der Waals surface area contributed by atoms with E-state index in [0.29, 0.717) is 0 Å². The summed E-state index contributed by atoms with van der Waals surface area (Å²) in [6.45, 7) is 2.83. The highest BCUT2D eigenvalue weighted by molar-refractivity contribution is 6.31. The molecule has 0 saturated heterocycles. The molecule has 0 unspecified atom stereocenters. The molecule has 0 saturated carbocycles. The number of aromatic hydroxyl groups is 1. The molecular formula is C15H16ClNO. The van der Waals surface area contributed by atoms with Crippen LogP contribution in [0.25, 0.3) is 0 Å². The first-order valence-corrected chi connectivity index (χ1v) is 6.30. The predicted molar refractivity (Wildman–Crippen MR) is 74.8 cm³/mol. The minimum atomic E-state index is 0.188. The highest BCUT2D eigenvalue weighted by Gasteiger charge is 2.08. The second-order valence-electron chi connectivity index (χ2n) is 4.29. The molecule has 1 atom stereocenters. The number of halogens is 1. The van der Waals surface area contributed by atoms with Crippen LogP contribution in [-0.2, 0) is 6.54 Å². The van der Waals surface area contributed by atoms with Gasteiger partial charge in [-0.2, -0.15) is 0 Å². The second-order valence-corrected chi connectivity index (χ2v) is 4.70. The maximum Gasteiger partial charge on any atom is 0.115 e. The van der Waals surface area contributed by atoms with Gasteiger partial charge in [-0.05, 0) is 36.2 Å². The summed E-state index contributed by atoms with van der Waals surface area (Å²) in [5.74, 6) is 0.290. The molecule has 3 heteroatoms. The van der Waals surface area contributed by atoms with Gasteiger partial charge in [-0.25, -0.2) is 0 Å². The molecule has 0 amide bonds. The highest BCUT2D eigenvalue weighted by Crippen LogP contribution is 2.22. The van der Waals surface area contributed by atoms with Gasteiger partial charge < -0.3 is 10.4 Å². The third kappa shape index (κ3) is 3.25. The molecule has 2 aromatic carbocycles. The van der Waals surface area contributed by atoms with Crippen LogP contribution in [0, 0.1) is 0 Å². The topological polar surface area (TPSA) is 32.3 Å². The van der Waals surface area contributed by atoms with Gasteiger partial charge in [-0.15, -0.1) is 0 Å². The minimum absolute atomic E-state index is 0.188. The Hall–Kier alpha value is -1.51. The van der Waals surface area contributed by atoms with Crippen molar-refractivity contribution in [3.63, 3.8) is 0 Å². The number of rotatable bonds is 4. The molecule has 0 aliphatic rings. The van der Waals surface area contributed by atoms with Gasteiger partial charge in [0.1, 0.15) is 5.75 Å². The molecule has 2 aromatic rings. The maximum absolute atomic E-state index is 9.21. The van der Waals surface area contributed by atoms with Crippen LogP contribution in [0.3, 0.4) is 0 Å². The smallest absolute Gasteiger partial charge is 0.115 e. The average molecular weight is 262 g/mol. The molecule has 0 radical (unpaired) electrons. The average Bonchev–Trinajstić information content (AvgIpc) is 2.38. The van der Waals surface area contributed by atoms with Gasteiger partial charge in [-0.1, -0.05) is 41.9 Å². The van der Waals surface area contributed by atoms with E-state index in [1.807, 2.05) is 36.4 Å². The molecule has 0 aromatic heterocycles. The molecule has 0 fully saturated rings. The Morgan fingerprint density at radius 1 is 1.11 bits per heavy atom. The first-order chi connectivity index (χ1) is 8.66. The van der Waals surface area contributed by atoms with E-state index >= 15 is 0 Å². The van der Waals surface area contributed by atoms with Crippen molar-refractivity contribution in [1.29, 1.82) is 0 Å². The zero-order valence-electron chi connectivity index (χ0n) is 10.2. The van der Waals surface area contributed by atoms with Crippen LogP contribution < -0.4 is 5.32 Å². The Morgan fingerprint density at radius 3 is 2.44 bits per heavy atom. The quantitative estimate of drug-likeness (QED) is 0.875. The van der Waals surface area contributed by atoms with E-state index in [0.717, 1.165) is 22.7 Å². The van der Waals surface area contributed by atoms with E-state index in [2.05, 4.69) is 12.2 Å². The minimum Gasteiger partial charge on any atom is -0.508 e. The summed E-state index contributed by atoms with van der Waals surface area (Å²) in [7, 11) is 0. The molecule has 2 nitrogen and oxygen atoms in total. The monoisotopic (exact) mass is 261 g/mol. The molecule has 0 aliphatic heterocycles. The summed E-state index contributed by atoms with van der Waals surface area (Å²) in [4.78, 5) is 0. The van der Waals surface area contributed by atoms with Crippen molar-refractivity contribution in [2.24, 2.45) is 0 Å². The van der Waals surface area contributed by atoms with Crippen molar-refractivity contribution in [3.05, 3.63) is 64.7 Å². The van der Waals surface area contributed by atoms with Crippen molar-refractivity contribution >= 4 is 11.6 Å². The molecule has 0 aliphatic carbocycles.